The summed E-state index contributed by atoms with van der Waals surface area (Å²) in [6.07, 6.45) is 0.651. The van der Waals surface area contributed by atoms with E-state index in [1.54, 1.807) is 12.3 Å². The third-order valence-corrected chi connectivity index (χ3v) is 1.25. The van der Waals surface area contributed by atoms with Crippen LogP contribution in [0.2, 0.25) is 0 Å². The molecule has 3 nitrogen and oxygen atoms in total. The summed E-state index contributed by atoms with van der Waals surface area (Å²) in [6, 6.07) is 1.68. The third-order valence-electron chi connectivity index (χ3n) is 1.25. The van der Waals surface area contributed by atoms with Crippen LogP contribution < -0.4 is 5.32 Å². The van der Waals surface area contributed by atoms with Crippen molar-refractivity contribution in [2.75, 3.05) is 6.54 Å². The van der Waals surface area contributed by atoms with Crippen LogP contribution in [0.5, 0.6) is 0 Å². The van der Waals surface area contributed by atoms with Gasteiger partial charge in [0, 0.05) is 12.7 Å². The maximum atomic E-state index is 11.6. The van der Waals surface area contributed by atoms with Crippen LogP contribution in [0.4, 0.5) is 8.78 Å². The van der Waals surface area contributed by atoms with Gasteiger partial charge in [-0.3, -0.25) is 0 Å². The van der Waals surface area contributed by atoms with E-state index in [4.69, 9.17) is 0 Å². The molecule has 0 aliphatic rings. The first-order valence-electron chi connectivity index (χ1n) is 3.53. The smallest absolute Gasteiger partial charge is 0.250 e. The van der Waals surface area contributed by atoms with Gasteiger partial charge in [0.2, 0.25) is 0 Å². The zero-order valence-electron chi connectivity index (χ0n) is 6.37. The zero-order valence-corrected chi connectivity index (χ0v) is 6.37. The van der Waals surface area contributed by atoms with Crippen LogP contribution in [0.15, 0.2) is 18.6 Å². The molecular weight excluding hydrogens is 164 g/mol. The molecule has 0 unspecified atom stereocenters. The Bertz CT molecular complexity index is 215. The summed E-state index contributed by atoms with van der Waals surface area (Å²) in [7, 11) is 0. The predicted molar refractivity (Wildman–Crippen MR) is 39.7 cm³/mol. The number of rotatable bonds is 4. The van der Waals surface area contributed by atoms with Gasteiger partial charge in [-0.25, -0.2) is 18.7 Å². The van der Waals surface area contributed by atoms with Gasteiger partial charge in [-0.05, 0) is 6.07 Å². The molecule has 1 rings (SSSR count). The fourth-order valence-electron chi connectivity index (χ4n) is 0.732. The zero-order chi connectivity index (χ0) is 8.81. The van der Waals surface area contributed by atoms with Gasteiger partial charge in [0.15, 0.2) is 0 Å². The molecule has 1 heterocycles. The monoisotopic (exact) mass is 173 g/mol. The maximum Gasteiger partial charge on any atom is 0.250 e. The number of hydrogen-bond donors (Lipinski definition) is 1. The van der Waals surface area contributed by atoms with Crippen molar-refractivity contribution in [2.45, 2.75) is 13.0 Å². The van der Waals surface area contributed by atoms with Gasteiger partial charge in [0.05, 0.1) is 12.2 Å². The van der Waals surface area contributed by atoms with Crippen LogP contribution in [0.25, 0.3) is 0 Å². The van der Waals surface area contributed by atoms with E-state index in [9.17, 15) is 8.78 Å². The van der Waals surface area contributed by atoms with Crippen molar-refractivity contribution in [1.82, 2.24) is 15.3 Å². The molecule has 66 valence electrons. The van der Waals surface area contributed by atoms with Crippen LogP contribution in [0, 0.1) is 0 Å². The van der Waals surface area contributed by atoms with E-state index in [0.717, 1.165) is 0 Å². The van der Waals surface area contributed by atoms with E-state index < -0.39 is 6.43 Å². The van der Waals surface area contributed by atoms with Gasteiger partial charge < -0.3 is 5.32 Å². The Morgan fingerprint density at radius 2 is 2.33 bits per heavy atom. The van der Waals surface area contributed by atoms with Crippen molar-refractivity contribution in [2.24, 2.45) is 0 Å². The molecule has 0 amide bonds. The first-order chi connectivity index (χ1) is 5.79. The molecule has 0 fully saturated rings. The van der Waals surface area contributed by atoms with E-state index in [2.05, 4.69) is 15.3 Å². The highest BCUT2D eigenvalue weighted by atomic mass is 19.3. The van der Waals surface area contributed by atoms with Crippen LogP contribution in [-0.2, 0) is 6.54 Å². The molecule has 1 N–H and O–H groups in total. The summed E-state index contributed by atoms with van der Waals surface area (Å²) in [4.78, 5) is 7.56. The van der Waals surface area contributed by atoms with Gasteiger partial charge >= 0.3 is 0 Å². The highest BCUT2D eigenvalue weighted by Crippen LogP contribution is 1.92. The molecule has 0 saturated heterocycles. The van der Waals surface area contributed by atoms with Crippen LogP contribution in [-0.4, -0.2) is 22.9 Å². The molecule has 0 aliphatic heterocycles. The number of halogens is 2. The van der Waals surface area contributed by atoms with Gasteiger partial charge in [0.25, 0.3) is 6.43 Å². The summed E-state index contributed by atoms with van der Waals surface area (Å²) >= 11 is 0. The lowest BCUT2D eigenvalue weighted by molar-refractivity contribution is 0.145. The third kappa shape index (κ3) is 3.34. The lowest BCUT2D eigenvalue weighted by Crippen LogP contribution is -2.21. The molecule has 0 saturated carbocycles. The van der Waals surface area contributed by atoms with Crippen LogP contribution in [0.3, 0.4) is 0 Å². The minimum Gasteiger partial charge on any atom is -0.306 e. The van der Waals surface area contributed by atoms with Crippen molar-refractivity contribution in [3.05, 3.63) is 24.3 Å². The Kier molecular flexibility index (Phi) is 3.53. The van der Waals surface area contributed by atoms with E-state index in [0.29, 0.717) is 12.2 Å². The lowest BCUT2D eigenvalue weighted by Gasteiger charge is -2.01. The first-order valence-corrected chi connectivity index (χ1v) is 3.53. The normalized spacial score (nSPS) is 10.6. The van der Waals surface area contributed by atoms with Crippen LogP contribution >= 0.6 is 0 Å². The molecule has 5 heteroatoms. The largest absolute Gasteiger partial charge is 0.306 e. The summed E-state index contributed by atoms with van der Waals surface area (Å²) in [5.74, 6) is 0. The van der Waals surface area contributed by atoms with E-state index in [1.807, 2.05) is 0 Å². The molecule has 0 aromatic carbocycles. The van der Waals surface area contributed by atoms with Gasteiger partial charge in [-0.15, -0.1) is 0 Å². The second-order valence-electron chi connectivity index (χ2n) is 2.22. The molecule has 1 aromatic rings. The summed E-state index contributed by atoms with van der Waals surface area (Å²) in [6.45, 7) is 0.0524. The first kappa shape index (κ1) is 8.99. The summed E-state index contributed by atoms with van der Waals surface area (Å²) in [5.41, 5.74) is 0.714. The fraction of sp³-hybridized carbons (Fsp3) is 0.429. The number of nitrogens with zero attached hydrogens (tertiary/aromatic N) is 2. The standard InChI is InChI=1S/C7H9F2N3/c8-7(9)4-11-3-6-1-2-10-5-12-6/h1-2,5,7,11H,3-4H2. The quantitative estimate of drug-likeness (QED) is 0.732. The van der Waals surface area contributed by atoms with Gasteiger partial charge in [-0.1, -0.05) is 0 Å². The SMILES string of the molecule is FC(F)CNCc1ccncn1. The Labute approximate surface area is 68.8 Å². The fourth-order valence-corrected chi connectivity index (χ4v) is 0.732. The number of aromatic nitrogens is 2. The topological polar surface area (TPSA) is 37.8 Å². The number of hydrogen-bond acceptors (Lipinski definition) is 3. The number of nitrogens with one attached hydrogen (secondary N) is 1. The highest BCUT2D eigenvalue weighted by Gasteiger charge is 2.00. The Balaban J connectivity index is 2.25. The Hall–Kier alpha value is -1.10. The molecule has 1 aromatic heterocycles. The van der Waals surface area contributed by atoms with E-state index >= 15 is 0 Å². The molecule has 0 bridgehead atoms. The Morgan fingerprint density at radius 1 is 1.50 bits per heavy atom. The Morgan fingerprint density at radius 3 is 2.92 bits per heavy atom. The lowest BCUT2D eigenvalue weighted by atomic mass is 10.4. The van der Waals surface area contributed by atoms with Gasteiger partial charge in [-0.2, -0.15) is 0 Å². The minimum absolute atomic E-state index is 0.302. The molecule has 12 heavy (non-hydrogen) atoms. The minimum atomic E-state index is -2.31. The van der Waals surface area contributed by atoms with Crippen molar-refractivity contribution >= 4 is 0 Å². The second-order valence-corrected chi connectivity index (χ2v) is 2.22. The summed E-state index contributed by atoms with van der Waals surface area (Å²) < 4.78 is 23.3. The highest BCUT2D eigenvalue weighted by molar-refractivity contribution is 4.96. The molecule has 0 spiro atoms. The van der Waals surface area contributed by atoms with E-state index in [1.165, 1.54) is 6.33 Å². The maximum absolute atomic E-state index is 11.6. The predicted octanol–water partition coefficient (Wildman–Crippen LogP) is 0.831. The van der Waals surface area contributed by atoms with Crippen LogP contribution in [0.1, 0.15) is 5.69 Å². The van der Waals surface area contributed by atoms with Gasteiger partial charge in [0.1, 0.15) is 6.33 Å². The second kappa shape index (κ2) is 4.71. The average Bonchev–Trinajstić information content (AvgIpc) is 2.05. The van der Waals surface area contributed by atoms with Crippen molar-refractivity contribution < 1.29 is 8.78 Å². The van der Waals surface area contributed by atoms with Crippen molar-refractivity contribution in [1.29, 1.82) is 0 Å². The summed E-state index contributed by atoms with van der Waals surface area (Å²) in [5, 5.41) is 2.56. The number of alkyl halides is 2. The van der Waals surface area contributed by atoms with Crippen molar-refractivity contribution in [3.8, 4) is 0 Å². The molecule has 0 aliphatic carbocycles. The average molecular weight is 173 g/mol. The molecule has 0 radical (unpaired) electrons. The molecular formula is C7H9F2N3. The molecule has 0 atom stereocenters. The van der Waals surface area contributed by atoms with Crippen molar-refractivity contribution in [3.63, 3.8) is 0 Å². The van der Waals surface area contributed by atoms with E-state index in [-0.39, 0.29) is 6.54 Å².